The Hall–Kier alpha value is -1.65. The highest BCUT2D eigenvalue weighted by atomic mass is 32.1. The molecular formula is C13H7NOS2. The second-order valence-corrected chi connectivity index (χ2v) is 5.62. The summed E-state index contributed by atoms with van der Waals surface area (Å²) in [6.45, 7) is 0. The molecule has 0 atom stereocenters. The topological polar surface area (TPSA) is 28.9 Å². The van der Waals surface area contributed by atoms with E-state index in [-0.39, 0.29) is 0 Å². The molecule has 2 aromatic heterocycles. The molecule has 1 N–H and O–H groups in total. The SMILES string of the molecule is S=c1[nH]c2ccc3oc4ccccc4c3c2s1. The van der Waals surface area contributed by atoms with Gasteiger partial charge in [0.2, 0.25) is 0 Å². The average molecular weight is 257 g/mol. The van der Waals surface area contributed by atoms with Gasteiger partial charge in [0.05, 0.1) is 10.2 Å². The Morgan fingerprint density at radius 1 is 1.06 bits per heavy atom. The number of rotatable bonds is 0. The molecule has 2 nitrogen and oxygen atoms in total. The zero-order chi connectivity index (χ0) is 11.4. The van der Waals surface area contributed by atoms with E-state index in [2.05, 4.69) is 11.1 Å². The van der Waals surface area contributed by atoms with Crippen LogP contribution in [0.3, 0.4) is 0 Å². The standard InChI is InChI=1S/C13H7NOS2/c16-13-14-8-5-6-10-11(12(8)17-13)7-3-1-2-4-9(7)15-10/h1-6H,(H,14,16). The maximum atomic E-state index is 5.83. The molecular weight excluding hydrogens is 250 g/mol. The molecule has 0 aliphatic heterocycles. The van der Waals surface area contributed by atoms with Gasteiger partial charge in [0.1, 0.15) is 11.2 Å². The van der Waals surface area contributed by atoms with Crippen LogP contribution in [0.15, 0.2) is 40.8 Å². The molecule has 17 heavy (non-hydrogen) atoms. The van der Waals surface area contributed by atoms with Crippen molar-refractivity contribution in [1.29, 1.82) is 0 Å². The summed E-state index contributed by atoms with van der Waals surface area (Å²) in [7, 11) is 0. The molecule has 0 fully saturated rings. The lowest BCUT2D eigenvalue weighted by Gasteiger charge is -1.90. The molecule has 0 aliphatic rings. The molecule has 2 aromatic carbocycles. The summed E-state index contributed by atoms with van der Waals surface area (Å²) in [4.78, 5) is 3.20. The van der Waals surface area contributed by atoms with Crippen LogP contribution in [0.4, 0.5) is 0 Å². The summed E-state index contributed by atoms with van der Waals surface area (Å²) >= 11 is 6.81. The Morgan fingerprint density at radius 2 is 1.94 bits per heavy atom. The number of aromatic amines is 1. The van der Waals surface area contributed by atoms with E-state index in [1.54, 1.807) is 11.3 Å². The average Bonchev–Trinajstić information content (AvgIpc) is 2.87. The van der Waals surface area contributed by atoms with Crippen molar-refractivity contribution in [1.82, 2.24) is 4.98 Å². The molecule has 0 amide bonds. The Labute approximate surface area is 105 Å². The Bertz CT molecular complexity index is 913. The lowest BCUT2D eigenvalue weighted by molar-refractivity contribution is 0.669. The molecule has 0 bridgehead atoms. The fourth-order valence-electron chi connectivity index (χ4n) is 2.22. The van der Waals surface area contributed by atoms with Gasteiger partial charge in [0, 0.05) is 10.8 Å². The maximum Gasteiger partial charge on any atom is 0.159 e. The number of thiazole rings is 1. The molecule has 82 valence electrons. The van der Waals surface area contributed by atoms with E-state index in [0.29, 0.717) is 0 Å². The summed E-state index contributed by atoms with van der Waals surface area (Å²) in [6, 6.07) is 12.1. The molecule has 0 spiro atoms. The van der Waals surface area contributed by atoms with Crippen molar-refractivity contribution in [3.8, 4) is 0 Å². The fourth-order valence-corrected chi connectivity index (χ4v) is 3.47. The van der Waals surface area contributed by atoms with Crippen molar-refractivity contribution >= 4 is 55.7 Å². The van der Waals surface area contributed by atoms with Crippen molar-refractivity contribution in [2.75, 3.05) is 0 Å². The van der Waals surface area contributed by atoms with Gasteiger partial charge in [0.15, 0.2) is 3.95 Å². The van der Waals surface area contributed by atoms with Crippen LogP contribution in [0.1, 0.15) is 0 Å². The largest absolute Gasteiger partial charge is 0.456 e. The summed E-state index contributed by atoms with van der Waals surface area (Å²) in [5.74, 6) is 0. The van der Waals surface area contributed by atoms with Crippen LogP contribution in [0.5, 0.6) is 0 Å². The maximum absolute atomic E-state index is 5.83. The van der Waals surface area contributed by atoms with Gasteiger partial charge in [-0.15, -0.1) is 11.3 Å². The number of fused-ring (bicyclic) bond motifs is 5. The van der Waals surface area contributed by atoms with Gasteiger partial charge in [0.25, 0.3) is 0 Å². The second kappa shape index (κ2) is 3.18. The van der Waals surface area contributed by atoms with Gasteiger partial charge >= 0.3 is 0 Å². The summed E-state index contributed by atoms with van der Waals surface area (Å²) < 4.78 is 7.81. The summed E-state index contributed by atoms with van der Waals surface area (Å²) in [5.41, 5.74) is 2.93. The van der Waals surface area contributed by atoms with Crippen LogP contribution in [-0.2, 0) is 0 Å². The van der Waals surface area contributed by atoms with Crippen LogP contribution in [0, 0.1) is 3.95 Å². The highest BCUT2D eigenvalue weighted by Crippen LogP contribution is 2.36. The van der Waals surface area contributed by atoms with Crippen LogP contribution < -0.4 is 0 Å². The van der Waals surface area contributed by atoms with E-state index in [1.165, 1.54) is 4.70 Å². The Kier molecular flexibility index (Phi) is 1.76. The lowest BCUT2D eigenvalue weighted by atomic mass is 10.1. The summed E-state index contributed by atoms with van der Waals surface area (Å²) in [5, 5.41) is 2.31. The number of H-pyrrole nitrogens is 1. The predicted octanol–water partition coefficient (Wildman–Crippen LogP) is 4.86. The molecule has 4 rings (SSSR count). The van der Waals surface area contributed by atoms with E-state index in [1.807, 2.05) is 30.3 Å². The molecule has 0 unspecified atom stereocenters. The molecule has 0 saturated carbocycles. The molecule has 0 aliphatic carbocycles. The number of nitrogens with one attached hydrogen (secondary N) is 1. The number of benzene rings is 2. The molecule has 0 radical (unpaired) electrons. The zero-order valence-corrected chi connectivity index (χ0v) is 10.3. The van der Waals surface area contributed by atoms with Crippen molar-refractivity contribution < 1.29 is 4.42 Å². The van der Waals surface area contributed by atoms with Crippen LogP contribution in [-0.4, -0.2) is 4.98 Å². The third kappa shape index (κ3) is 1.22. The van der Waals surface area contributed by atoms with E-state index in [4.69, 9.17) is 16.6 Å². The fraction of sp³-hybridized carbons (Fsp3) is 0. The number of hydrogen-bond donors (Lipinski definition) is 1. The third-order valence-electron chi connectivity index (χ3n) is 2.93. The Morgan fingerprint density at radius 3 is 2.88 bits per heavy atom. The van der Waals surface area contributed by atoms with Crippen LogP contribution in [0.2, 0.25) is 0 Å². The van der Waals surface area contributed by atoms with Crippen molar-refractivity contribution in [3.63, 3.8) is 0 Å². The normalized spacial score (nSPS) is 11.8. The zero-order valence-electron chi connectivity index (χ0n) is 8.69. The predicted molar refractivity (Wildman–Crippen MR) is 74.3 cm³/mol. The molecule has 4 aromatic rings. The summed E-state index contributed by atoms with van der Waals surface area (Å²) in [6.07, 6.45) is 0. The van der Waals surface area contributed by atoms with Gasteiger partial charge < -0.3 is 9.40 Å². The first-order valence-corrected chi connectivity index (χ1v) is 6.48. The number of para-hydroxylation sites is 1. The third-order valence-corrected chi connectivity index (χ3v) is 4.19. The first-order chi connectivity index (χ1) is 8.33. The number of aromatic nitrogens is 1. The molecule has 4 heteroatoms. The van der Waals surface area contributed by atoms with Gasteiger partial charge in [-0.3, -0.25) is 0 Å². The van der Waals surface area contributed by atoms with Crippen molar-refractivity contribution in [3.05, 3.63) is 40.4 Å². The van der Waals surface area contributed by atoms with E-state index >= 15 is 0 Å². The van der Waals surface area contributed by atoms with E-state index in [9.17, 15) is 0 Å². The van der Waals surface area contributed by atoms with Crippen LogP contribution in [0.25, 0.3) is 32.2 Å². The number of hydrogen-bond acceptors (Lipinski definition) is 3. The highest BCUT2D eigenvalue weighted by molar-refractivity contribution is 7.73. The van der Waals surface area contributed by atoms with Gasteiger partial charge in [-0.05, 0) is 30.4 Å². The minimum atomic E-state index is 0.804. The monoisotopic (exact) mass is 257 g/mol. The molecule has 0 saturated heterocycles. The van der Waals surface area contributed by atoms with Crippen LogP contribution >= 0.6 is 23.6 Å². The first kappa shape index (κ1) is 9.39. The highest BCUT2D eigenvalue weighted by Gasteiger charge is 2.11. The first-order valence-electron chi connectivity index (χ1n) is 5.26. The number of furan rings is 1. The van der Waals surface area contributed by atoms with Gasteiger partial charge in [-0.25, -0.2) is 0 Å². The van der Waals surface area contributed by atoms with E-state index in [0.717, 1.165) is 31.4 Å². The van der Waals surface area contributed by atoms with Crippen molar-refractivity contribution in [2.24, 2.45) is 0 Å². The quantitative estimate of drug-likeness (QED) is 0.456. The minimum Gasteiger partial charge on any atom is -0.456 e. The Balaban J connectivity index is 2.42. The van der Waals surface area contributed by atoms with Gasteiger partial charge in [-0.2, -0.15) is 0 Å². The van der Waals surface area contributed by atoms with Crippen molar-refractivity contribution in [2.45, 2.75) is 0 Å². The second-order valence-electron chi connectivity index (χ2n) is 3.93. The lowest BCUT2D eigenvalue weighted by Crippen LogP contribution is -1.68. The molecule has 2 heterocycles. The van der Waals surface area contributed by atoms with Gasteiger partial charge in [-0.1, -0.05) is 18.2 Å². The smallest absolute Gasteiger partial charge is 0.159 e. The van der Waals surface area contributed by atoms with E-state index < -0.39 is 0 Å². The minimum absolute atomic E-state index is 0.804.